The highest BCUT2D eigenvalue weighted by molar-refractivity contribution is 7.28. The maximum atomic E-state index is 3.55. The Morgan fingerprint density at radius 1 is 0.378 bits per heavy atom. The average Bonchev–Trinajstić information content (AvgIpc) is 3.10. The average molecular weight is 643 g/mol. The molecule has 0 bridgehead atoms. The third-order valence-corrected chi connectivity index (χ3v) is 14.0. The van der Waals surface area contributed by atoms with Crippen molar-refractivity contribution < 1.29 is 0 Å². The van der Waals surface area contributed by atoms with Gasteiger partial charge in [-0.05, 0) is 64.4 Å². The number of hydrogen-bond donors (Lipinski definition) is 0. The molecule has 0 heterocycles. The lowest BCUT2D eigenvalue weighted by Crippen LogP contribution is -2.54. The molecule has 0 N–H and O–H groups in total. The van der Waals surface area contributed by atoms with Crippen molar-refractivity contribution in [1.29, 1.82) is 0 Å². The van der Waals surface area contributed by atoms with Crippen molar-refractivity contribution in [2.75, 3.05) is 0 Å². The predicted octanol–water partition coefficient (Wildman–Crippen LogP) is 10.4. The molecule has 7 rings (SSSR count). The zero-order valence-corrected chi connectivity index (χ0v) is 29.6. The lowest BCUT2D eigenvalue weighted by molar-refractivity contribution is 0.241. The molecule has 228 valence electrons. The summed E-state index contributed by atoms with van der Waals surface area (Å²) in [6.07, 6.45) is 9.36. The Morgan fingerprint density at radius 2 is 0.733 bits per heavy atom. The van der Waals surface area contributed by atoms with Crippen LogP contribution in [0, 0.1) is 0 Å². The zero-order chi connectivity index (χ0) is 31.0. The molecule has 0 spiro atoms. The summed E-state index contributed by atoms with van der Waals surface area (Å²) in [5, 5.41) is 0.917. The lowest BCUT2D eigenvalue weighted by Gasteiger charge is -2.58. The van der Waals surface area contributed by atoms with Gasteiger partial charge in [0.1, 0.15) is 0 Å². The molecule has 5 aromatic rings. The summed E-state index contributed by atoms with van der Waals surface area (Å²) in [7, 11) is 10.3. The Morgan fingerprint density at radius 3 is 1.16 bits per heavy atom. The van der Waals surface area contributed by atoms with E-state index in [0.717, 1.165) is 25.7 Å². The van der Waals surface area contributed by atoms with Gasteiger partial charge >= 0.3 is 0 Å². The van der Waals surface area contributed by atoms with Gasteiger partial charge in [0.2, 0.25) is 0 Å². The van der Waals surface area contributed by atoms with Crippen molar-refractivity contribution in [3.63, 3.8) is 0 Å². The van der Waals surface area contributed by atoms with E-state index in [1.165, 1.54) is 64.4 Å². The van der Waals surface area contributed by atoms with E-state index in [4.69, 9.17) is 0 Å². The monoisotopic (exact) mass is 642 g/mol. The topological polar surface area (TPSA) is 0 Å². The smallest absolute Gasteiger partial charge is 0.0334 e. The first kappa shape index (κ1) is 31.0. The van der Waals surface area contributed by atoms with Gasteiger partial charge in [-0.2, -0.15) is 0 Å². The molecule has 0 amide bonds. The molecule has 0 radical (unpaired) electrons. The van der Waals surface area contributed by atoms with E-state index >= 15 is 0 Å². The summed E-state index contributed by atoms with van der Waals surface area (Å²) in [6.45, 7) is 0. The number of rotatable bonds is 6. The van der Waals surface area contributed by atoms with Gasteiger partial charge in [-0.1, -0.05) is 165 Å². The molecule has 2 saturated carbocycles. The van der Waals surface area contributed by atoms with Crippen LogP contribution in [0.1, 0.15) is 84.7 Å². The normalized spacial score (nSPS) is 24.2. The molecule has 0 nitrogen and oxygen atoms in total. The highest BCUT2D eigenvalue weighted by Gasteiger charge is 2.58. The molecule has 5 aromatic carbocycles. The molecular formula is C42H45P3. The van der Waals surface area contributed by atoms with Crippen molar-refractivity contribution in [2.24, 2.45) is 0 Å². The van der Waals surface area contributed by atoms with Gasteiger partial charge in [0.25, 0.3) is 0 Å². The van der Waals surface area contributed by atoms with E-state index < -0.39 is 0 Å². The van der Waals surface area contributed by atoms with Crippen LogP contribution in [-0.4, -0.2) is 0 Å². The quantitative estimate of drug-likeness (QED) is 0.162. The summed E-state index contributed by atoms with van der Waals surface area (Å²) in [5.41, 5.74) is 8.31. The van der Waals surface area contributed by atoms with Gasteiger partial charge in [-0.25, -0.2) is 0 Å². The SMILES string of the molecule is Pc1cccc(C2(P)CCCCC2(c2ccccc2)c2ccccc2)c1C1(P)CCCCC1(c1ccccc1)c1ccccc1. The summed E-state index contributed by atoms with van der Waals surface area (Å²) >= 11 is 0. The fourth-order valence-electron chi connectivity index (χ4n) is 9.44. The van der Waals surface area contributed by atoms with Crippen LogP contribution in [0.25, 0.3) is 0 Å². The Bertz CT molecular complexity index is 1660. The molecule has 2 aliphatic rings. The van der Waals surface area contributed by atoms with Gasteiger partial charge in [-0.15, -0.1) is 27.7 Å². The summed E-state index contributed by atoms with van der Waals surface area (Å²) < 4.78 is 0. The Kier molecular flexibility index (Phi) is 8.64. The molecule has 2 fully saturated rings. The molecule has 5 unspecified atom stereocenters. The van der Waals surface area contributed by atoms with E-state index in [1.54, 1.807) is 0 Å². The molecule has 45 heavy (non-hydrogen) atoms. The molecule has 0 aliphatic heterocycles. The van der Waals surface area contributed by atoms with E-state index in [1.807, 2.05) is 0 Å². The second-order valence-electron chi connectivity index (χ2n) is 13.4. The minimum absolute atomic E-state index is 0.177. The van der Waals surface area contributed by atoms with Crippen LogP contribution < -0.4 is 5.30 Å². The van der Waals surface area contributed by atoms with E-state index in [9.17, 15) is 0 Å². The van der Waals surface area contributed by atoms with Crippen LogP contribution >= 0.6 is 27.7 Å². The Labute approximate surface area is 277 Å². The van der Waals surface area contributed by atoms with Crippen molar-refractivity contribution >= 4 is 33.0 Å². The highest BCUT2D eigenvalue weighted by Crippen LogP contribution is 2.66. The van der Waals surface area contributed by atoms with Crippen molar-refractivity contribution in [1.82, 2.24) is 0 Å². The fraction of sp³-hybridized carbons (Fsp3) is 0.286. The largest absolute Gasteiger partial charge is 0.125 e. The maximum Gasteiger partial charge on any atom is 0.0334 e. The first-order chi connectivity index (χ1) is 22.0. The van der Waals surface area contributed by atoms with Crippen LogP contribution in [0.15, 0.2) is 140 Å². The predicted molar refractivity (Wildman–Crippen MR) is 203 cm³/mol. The summed E-state index contributed by atoms with van der Waals surface area (Å²) in [6, 6.07) is 52.8. The second kappa shape index (κ2) is 12.5. The zero-order valence-electron chi connectivity index (χ0n) is 26.2. The third kappa shape index (κ3) is 4.82. The highest BCUT2D eigenvalue weighted by atomic mass is 31.0. The van der Waals surface area contributed by atoms with Crippen molar-refractivity contribution in [3.8, 4) is 0 Å². The first-order valence-corrected chi connectivity index (χ1v) is 18.4. The first-order valence-electron chi connectivity index (χ1n) is 16.7. The van der Waals surface area contributed by atoms with Crippen LogP contribution in [-0.2, 0) is 21.1 Å². The molecule has 0 saturated heterocycles. The summed E-state index contributed by atoms with van der Waals surface area (Å²) in [5.74, 6) is 0. The third-order valence-electron chi connectivity index (χ3n) is 11.4. The van der Waals surface area contributed by atoms with E-state index in [0.29, 0.717) is 0 Å². The minimum Gasteiger partial charge on any atom is -0.125 e. The van der Waals surface area contributed by atoms with Crippen LogP contribution in [0.3, 0.4) is 0 Å². The standard InChI is InChI=1S/C42H45P3/c43-37-27-17-26-36(41(44)30-15-13-28-39(41,32-18-5-1-6-19-32)33-20-7-2-8-21-33)38(37)42(45)31-16-14-29-40(42,34-22-9-3-10-23-34)35-24-11-4-12-25-35/h1-12,17-27H,13-16,28-31,43-45H2. The van der Waals surface area contributed by atoms with Gasteiger partial charge in [0.05, 0.1) is 0 Å². The molecule has 3 heteroatoms. The molecule has 0 aromatic heterocycles. The van der Waals surface area contributed by atoms with Crippen molar-refractivity contribution in [2.45, 2.75) is 72.5 Å². The van der Waals surface area contributed by atoms with Crippen LogP contribution in [0.4, 0.5) is 0 Å². The number of benzene rings is 5. The number of hydrogen-bond acceptors (Lipinski definition) is 0. The van der Waals surface area contributed by atoms with Crippen molar-refractivity contribution in [3.05, 3.63) is 173 Å². The molecule has 2 aliphatic carbocycles. The van der Waals surface area contributed by atoms with Crippen LogP contribution in [0.5, 0.6) is 0 Å². The lowest BCUT2D eigenvalue weighted by atomic mass is 9.52. The Balaban J connectivity index is 1.56. The van der Waals surface area contributed by atoms with E-state index in [2.05, 4.69) is 167 Å². The van der Waals surface area contributed by atoms with Gasteiger partial charge < -0.3 is 0 Å². The maximum absolute atomic E-state index is 3.55. The van der Waals surface area contributed by atoms with Gasteiger partial charge in [0.15, 0.2) is 0 Å². The molecule has 5 atom stereocenters. The second-order valence-corrected chi connectivity index (χ2v) is 16.0. The van der Waals surface area contributed by atoms with E-state index in [-0.39, 0.29) is 21.1 Å². The summed E-state index contributed by atoms with van der Waals surface area (Å²) in [4.78, 5) is 0. The van der Waals surface area contributed by atoms with Gasteiger partial charge in [0, 0.05) is 21.1 Å². The van der Waals surface area contributed by atoms with Gasteiger partial charge in [-0.3, -0.25) is 0 Å². The van der Waals surface area contributed by atoms with Crippen LogP contribution in [0.2, 0.25) is 0 Å². The minimum atomic E-state index is -0.207. The Hall–Kier alpha value is -2.61. The fourth-order valence-corrected chi connectivity index (χ4v) is 12.1. The molecular weight excluding hydrogens is 597 g/mol.